The molecule has 0 bridgehead atoms. The highest BCUT2D eigenvalue weighted by Gasteiger charge is 1.58. The van der Waals surface area contributed by atoms with Crippen LogP contribution in [0.25, 0.3) is 0 Å². The summed E-state index contributed by atoms with van der Waals surface area (Å²) in [4.78, 5) is 0. The van der Waals surface area contributed by atoms with Gasteiger partial charge in [0.25, 0.3) is 0 Å². The van der Waals surface area contributed by atoms with Crippen LogP contribution in [0, 0.1) is 0 Å². The molecule has 0 aliphatic carbocycles. The van der Waals surface area contributed by atoms with E-state index in [-0.39, 0.29) is 0 Å². The summed E-state index contributed by atoms with van der Waals surface area (Å²) < 4.78 is 1.99. The van der Waals surface area contributed by atoms with E-state index in [1.807, 2.05) is 16.2 Å². The van der Waals surface area contributed by atoms with Crippen molar-refractivity contribution in [2.75, 3.05) is 0 Å². The van der Waals surface area contributed by atoms with Gasteiger partial charge in [0.05, 0.1) is 0 Å². The fraction of sp³-hybridized carbons (Fsp3) is 0.333. The van der Waals surface area contributed by atoms with Gasteiger partial charge in [0, 0.05) is 0 Å². The predicted octanol–water partition coefficient (Wildman–Crippen LogP) is 2.90. The molecule has 0 N–H and O–H groups in total. The third kappa shape index (κ3) is 6.21. The number of rotatable bonds is 2. The molecular weight excluding hydrogens is 199 g/mol. The SMILES string of the molecule is CC/C=C/C=C/I. The normalized spacial score (nSPS) is 11.7. The quantitative estimate of drug-likeness (QED) is 0.483. The molecule has 7 heavy (non-hydrogen) atoms. The lowest BCUT2D eigenvalue weighted by molar-refractivity contribution is 1.22. The van der Waals surface area contributed by atoms with E-state index >= 15 is 0 Å². The Labute approximate surface area is 58.4 Å². The van der Waals surface area contributed by atoms with Gasteiger partial charge in [-0.05, 0) is 10.5 Å². The molecule has 40 valence electrons. The first-order valence-corrected chi connectivity index (χ1v) is 3.58. The number of hydrogen-bond donors (Lipinski definition) is 0. The summed E-state index contributed by atoms with van der Waals surface area (Å²) in [6, 6.07) is 0. The Kier molecular flexibility index (Phi) is 6.40. The molecule has 0 aromatic carbocycles. The summed E-state index contributed by atoms with van der Waals surface area (Å²) in [5, 5.41) is 0. The summed E-state index contributed by atoms with van der Waals surface area (Å²) in [6.07, 6.45) is 7.31. The zero-order valence-corrected chi connectivity index (χ0v) is 6.55. The monoisotopic (exact) mass is 208 g/mol. The van der Waals surface area contributed by atoms with Crippen LogP contribution in [0.5, 0.6) is 0 Å². The second-order valence-electron chi connectivity index (χ2n) is 1.15. The van der Waals surface area contributed by atoms with Gasteiger partial charge < -0.3 is 0 Å². The van der Waals surface area contributed by atoms with Crippen LogP contribution in [0.3, 0.4) is 0 Å². The van der Waals surface area contributed by atoms with Crippen molar-refractivity contribution >= 4 is 22.6 Å². The van der Waals surface area contributed by atoms with E-state index in [1.165, 1.54) is 0 Å². The Morgan fingerprint density at radius 3 is 2.57 bits per heavy atom. The lowest BCUT2D eigenvalue weighted by Crippen LogP contribution is -1.47. The van der Waals surface area contributed by atoms with Gasteiger partial charge in [-0.2, -0.15) is 0 Å². The van der Waals surface area contributed by atoms with Crippen molar-refractivity contribution in [1.82, 2.24) is 0 Å². The fourth-order valence-corrected chi connectivity index (χ4v) is 0.496. The Bertz CT molecular complexity index is 72.2. The Balaban J connectivity index is 3.09. The molecule has 0 saturated carbocycles. The van der Waals surface area contributed by atoms with Crippen LogP contribution in [-0.4, -0.2) is 0 Å². The minimum absolute atomic E-state index is 1.13. The van der Waals surface area contributed by atoms with E-state index < -0.39 is 0 Å². The highest BCUT2D eigenvalue weighted by molar-refractivity contribution is 14.1. The average Bonchev–Trinajstić information content (AvgIpc) is 1.69. The molecule has 0 saturated heterocycles. The minimum Gasteiger partial charge on any atom is -0.0848 e. The Hall–Kier alpha value is 0.210. The molecule has 0 spiro atoms. The first-order valence-electron chi connectivity index (χ1n) is 2.33. The largest absolute Gasteiger partial charge is 0.0848 e. The molecule has 0 radical (unpaired) electrons. The topological polar surface area (TPSA) is 0 Å². The summed E-state index contributed by atoms with van der Waals surface area (Å²) in [6.45, 7) is 2.12. The third-order valence-corrected chi connectivity index (χ3v) is 0.971. The summed E-state index contributed by atoms with van der Waals surface area (Å²) in [5.74, 6) is 0. The van der Waals surface area contributed by atoms with E-state index in [2.05, 4.69) is 35.6 Å². The van der Waals surface area contributed by atoms with Gasteiger partial charge in [0.1, 0.15) is 0 Å². The first kappa shape index (κ1) is 7.21. The van der Waals surface area contributed by atoms with Gasteiger partial charge in [-0.15, -0.1) is 0 Å². The van der Waals surface area contributed by atoms with Crippen molar-refractivity contribution in [3.8, 4) is 0 Å². The molecule has 0 rings (SSSR count). The zero-order valence-electron chi connectivity index (χ0n) is 4.39. The van der Waals surface area contributed by atoms with E-state index in [1.54, 1.807) is 0 Å². The van der Waals surface area contributed by atoms with Gasteiger partial charge in [-0.3, -0.25) is 0 Å². The van der Waals surface area contributed by atoms with Crippen molar-refractivity contribution in [3.05, 3.63) is 22.3 Å². The molecule has 0 aromatic heterocycles. The van der Waals surface area contributed by atoms with Crippen LogP contribution in [0.2, 0.25) is 0 Å². The number of allylic oxidation sites excluding steroid dienone is 3. The highest BCUT2D eigenvalue weighted by atomic mass is 127. The lowest BCUT2D eigenvalue weighted by atomic mass is 10.4. The van der Waals surface area contributed by atoms with Crippen molar-refractivity contribution in [3.63, 3.8) is 0 Å². The summed E-state index contributed by atoms with van der Waals surface area (Å²) in [7, 11) is 0. The van der Waals surface area contributed by atoms with Crippen LogP contribution in [0.1, 0.15) is 13.3 Å². The molecule has 0 aromatic rings. The molecule has 0 amide bonds. The van der Waals surface area contributed by atoms with Gasteiger partial charge >= 0.3 is 0 Å². The second-order valence-corrected chi connectivity index (χ2v) is 1.87. The van der Waals surface area contributed by atoms with E-state index in [4.69, 9.17) is 0 Å². The molecule has 0 aliphatic rings. The molecule has 0 nitrogen and oxygen atoms in total. The van der Waals surface area contributed by atoms with Gasteiger partial charge in [-0.25, -0.2) is 0 Å². The van der Waals surface area contributed by atoms with Gasteiger partial charge in [0.15, 0.2) is 0 Å². The first-order chi connectivity index (χ1) is 3.41. The lowest BCUT2D eigenvalue weighted by Gasteiger charge is -1.69. The molecule has 1 heteroatoms. The van der Waals surface area contributed by atoms with Crippen molar-refractivity contribution < 1.29 is 0 Å². The number of halogens is 1. The van der Waals surface area contributed by atoms with Crippen LogP contribution < -0.4 is 0 Å². The maximum absolute atomic E-state index is 2.20. The van der Waals surface area contributed by atoms with Crippen molar-refractivity contribution in [2.24, 2.45) is 0 Å². The number of hydrogen-bond acceptors (Lipinski definition) is 0. The minimum atomic E-state index is 1.13. The predicted molar refractivity (Wildman–Crippen MR) is 42.6 cm³/mol. The molecule has 0 heterocycles. The smallest absolute Gasteiger partial charge is 0.0234 e. The van der Waals surface area contributed by atoms with Crippen molar-refractivity contribution in [1.29, 1.82) is 0 Å². The van der Waals surface area contributed by atoms with Crippen LogP contribution >= 0.6 is 22.6 Å². The van der Waals surface area contributed by atoms with E-state index in [0.717, 1.165) is 6.42 Å². The Morgan fingerprint density at radius 1 is 1.43 bits per heavy atom. The van der Waals surface area contributed by atoms with Crippen LogP contribution in [0.15, 0.2) is 22.3 Å². The third-order valence-electron chi connectivity index (χ3n) is 0.556. The zero-order chi connectivity index (χ0) is 5.54. The average molecular weight is 208 g/mol. The molecule has 0 aliphatic heterocycles. The summed E-state index contributed by atoms with van der Waals surface area (Å²) >= 11 is 2.20. The van der Waals surface area contributed by atoms with Crippen molar-refractivity contribution in [2.45, 2.75) is 13.3 Å². The summed E-state index contributed by atoms with van der Waals surface area (Å²) in [5.41, 5.74) is 0. The molecule has 0 atom stereocenters. The van der Waals surface area contributed by atoms with E-state index in [0.29, 0.717) is 0 Å². The maximum atomic E-state index is 2.20. The Morgan fingerprint density at radius 2 is 2.14 bits per heavy atom. The van der Waals surface area contributed by atoms with E-state index in [9.17, 15) is 0 Å². The fourth-order valence-electron chi connectivity index (χ4n) is 0.257. The van der Waals surface area contributed by atoms with Crippen LogP contribution in [-0.2, 0) is 0 Å². The highest BCUT2D eigenvalue weighted by Crippen LogP contribution is 1.85. The molecular formula is C6H9I. The molecule has 0 unspecified atom stereocenters. The molecule has 0 fully saturated rings. The second kappa shape index (κ2) is 6.21. The van der Waals surface area contributed by atoms with Gasteiger partial charge in [-0.1, -0.05) is 47.7 Å². The van der Waals surface area contributed by atoms with Gasteiger partial charge in [0.2, 0.25) is 0 Å². The standard InChI is InChI=1S/C6H9I/c1-2-3-4-5-6-7/h3-6H,2H2,1H3/b4-3+,6-5+. The van der Waals surface area contributed by atoms with Crippen LogP contribution in [0.4, 0.5) is 0 Å². The maximum Gasteiger partial charge on any atom is -0.0234 e.